The molecular weight excluding hydrogens is 338 g/mol. The highest BCUT2D eigenvalue weighted by molar-refractivity contribution is 7.16. The number of thiophene rings is 1. The normalized spacial score (nSPS) is 17.3. The van der Waals surface area contributed by atoms with Gasteiger partial charge in [0.2, 0.25) is 5.91 Å². The van der Waals surface area contributed by atoms with Crippen molar-refractivity contribution in [3.05, 3.63) is 28.3 Å². The Morgan fingerprint density at radius 1 is 1.48 bits per heavy atom. The lowest BCUT2D eigenvalue weighted by Gasteiger charge is -2.19. The van der Waals surface area contributed by atoms with E-state index in [-0.39, 0.29) is 11.8 Å². The number of carbonyl (C=O) groups excluding carboxylic acids is 2. The van der Waals surface area contributed by atoms with Crippen LogP contribution in [0.1, 0.15) is 48.0 Å². The van der Waals surface area contributed by atoms with Crippen LogP contribution >= 0.6 is 11.3 Å². The minimum Gasteiger partial charge on any atom is -0.459 e. The number of esters is 1. The molecule has 0 fully saturated rings. The number of rotatable bonds is 6. The first-order chi connectivity index (χ1) is 11.7. The van der Waals surface area contributed by atoms with E-state index in [9.17, 15) is 9.59 Å². The highest BCUT2D eigenvalue weighted by atomic mass is 32.1. The zero-order valence-electron chi connectivity index (χ0n) is 14.7. The number of nitrogens with zero attached hydrogens (tertiary/aromatic N) is 1. The number of fused-ring (bicyclic) bond motifs is 1. The maximum atomic E-state index is 12.6. The number of hydrogen-bond acceptors (Lipinski definition) is 6. The summed E-state index contributed by atoms with van der Waals surface area (Å²) in [5, 5.41) is 12.6. The Balaban J connectivity index is 2.39. The Bertz CT molecular complexity index is 745. The van der Waals surface area contributed by atoms with E-state index in [1.165, 1.54) is 11.3 Å². The van der Waals surface area contributed by atoms with Gasteiger partial charge in [-0.15, -0.1) is 11.3 Å². The van der Waals surface area contributed by atoms with Gasteiger partial charge in [0.15, 0.2) is 5.92 Å². The largest absolute Gasteiger partial charge is 0.459 e. The fraction of sp³-hybridized carbons (Fsp3) is 0.500. The van der Waals surface area contributed by atoms with Gasteiger partial charge in [0, 0.05) is 10.6 Å². The molecule has 1 aliphatic carbocycles. The molecule has 1 aromatic heterocycles. The van der Waals surface area contributed by atoms with Crippen LogP contribution in [-0.4, -0.2) is 18.0 Å². The SMILES string of the molecule is C=C(Nc1sc2c(c1C(=O)OC(C)C)CCC(C)C2)C(C#N)C(N)=O. The van der Waals surface area contributed by atoms with E-state index < -0.39 is 17.8 Å². The molecule has 0 spiro atoms. The molecule has 134 valence electrons. The van der Waals surface area contributed by atoms with Gasteiger partial charge in [0.1, 0.15) is 5.00 Å². The fourth-order valence-electron chi connectivity index (χ4n) is 2.86. The molecule has 7 heteroatoms. The molecule has 1 aliphatic rings. The summed E-state index contributed by atoms with van der Waals surface area (Å²) in [7, 11) is 0. The second-order valence-corrected chi connectivity index (χ2v) is 7.73. The van der Waals surface area contributed by atoms with Crippen molar-refractivity contribution in [2.75, 3.05) is 5.32 Å². The number of nitrogens with one attached hydrogen (secondary N) is 1. The summed E-state index contributed by atoms with van der Waals surface area (Å²) < 4.78 is 5.39. The van der Waals surface area contributed by atoms with Crippen molar-refractivity contribution in [3.8, 4) is 6.07 Å². The van der Waals surface area contributed by atoms with Crippen LogP contribution in [0.5, 0.6) is 0 Å². The molecule has 0 radical (unpaired) electrons. The topological polar surface area (TPSA) is 105 Å². The third-order valence-electron chi connectivity index (χ3n) is 4.09. The minimum absolute atomic E-state index is 0.167. The molecule has 3 N–H and O–H groups in total. The van der Waals surface area contributed by atoms with Gasteiger partial charge in [-0.25, -0.2) is 4.79 Å². The van der Waals surface area contributed by atoms with Gasteiger partial charge >= 0.3 is 5.97 Å². The summed E-state index contributed by atoms with van der Waals surface area (Å²) in [6.45, 7) is 9.52. The van der Waals surface area contributed by atoms with Crippen LogP contribution in [0.4, 0.5) is 5.00 Å². The molecule has 25 heavy (non-hydrogen) atoms. The van der Waals surface area contributed by atoms with Gasteiger partial charge in [-0.05, 0) is 44.6 Å². The lowest BCUT2D eigenvalue weighted by molar-refractivity contribution is -0.119. The van der Waals surface area contributed by atoms with Gasteiger partial charge in [-0.2, -0.15) is 5.26 Å². The molecule has 0 saturated carbocycles. The Labute approximate surface area is 151 Å². The first-order valence-corrected chi connectivity index (χ1v) is 9.06. The monoisotopic (exact) mass is 361 g/mol. The summed E-state index contributed by atoms with van der Waals surface area (Å²) in [6.07, 6.45) is 2.47. The Morgan fingerprint density at radius 2 is 2.16 bits per heavy atom. The highest BCUT2D eigenvalue weighted by Gasteiger charge is 2.30. The Hall–Kier alpha value is -2.33. The van der Waals surface area contributed by atoms with Crippen LogP contribution in [-0.2, 0) is 22.4 Å². The lowest BCUT2D eigenvalue weighted by Crippen LogP contribution is -2.26. The van der Waals surface area contributed by atoms with Crippen LogP contribution in [0.25, 0.3) is 0 Å². The van der Waals surface area contributed by atoms with E-state index >= 15 is 0 Å². The predicted octanol–water partition coefficient (Wildman–Crippen LogP) is 2.99. The number of amides is 1. The van der Waals surface area contributed by atoms with Gasteiger partial charge in [0.05, 0.1) is 17.7 Å². The van der Waals surface area contributed by atoms with Gasteiger partial charge in [-0.3, -0.25) is 4.79 Å². The second kappa shape index (κ2) is 7.70. The second-order valence-electron chi connectivity index (χ2n) is 6.62. The molecule has 1 amide bonds. The van der Waals surface area contributed by atoms with Crippen LogP contribution in [0, 0.1) is 23.2 Å². The van der Waals surface area contributed by atoms with Crippen LogP contribution in [0.15, 0.2) is 12.3 Å². The Morgan fingerprint density at radius 3 is 2.72 bits per heavy atom. The van der Waals surface area contributed by atoms with E-state index in [1.807, 2.05) is 6.07 Å². The highest BCUT2D eigenvalue weighted by Crippen LogP contribution is 2.41. The minimum atomic E-state index is -1.16. The molecule has 2 rings (SSSR count). The fourth-order valence-corrected chi connectivity index (χ4v) is 4.29. The van der Waals surface area contributed by atoms with Crippen molar-refractivity contribution in [2.24, 2.45) is 17.6 Å². The average molecular weight is 361 g/mol. The number of hydrogen-bond donors (Lipinski definition) is 2. The van der Waals surface area contributed by atoms with E-state index in [0.717, 1.165) is 29.7 Å². The van der Waals surface area contributed by atoms with Gasteiger partial charge in [-0.1, -0.05) is 13.5 Å². The standard InChI is InChI=1S/C18H23N3O3S/c1-9(2)24-18(23)15-12-6-5-10(3)7-14(12)25-17(15)21-11(4)13(8-19)16(20)22/h9-10,13,21H,4-7H2,1-3H3,(H2,20,22). The van der Waals surface area contributed by atoms with Crippen molar-refractivity contribution in [3.63, 3.8) is 0 Å². The number of ether oxygens (including phenoxy) is 1. The van der Waals surface area contributed by atoms with Gasteiger partial charge in [0.25, 0.3) is 0 Å². The summed E-state index contributed by atoms with van der Waals surface area (Å²) in [6, 6.07) is 1.82. The quantitative estimate of drug-likeness (QED) is 0.758. The van der Waals surface area contributed by atoms with E-state index in [4.69, 9.17) is 15.7 Å². The predicted molar refractivity (Wildman–Crippen MR) is 97.1 cm³/mol. The molecule has 2 atom stereocenters. The van der Waals surface area contributed by atoms with Crippen LogP contribution in [0.3, 0.4) is 0 Å². The maximum absolute atomic E-state index is 12.6. The average Bonchev–Trinajstić information content (AvgIpc) is 2.83. The maximum Gasteiger partial charge on any atom is 0.341 e. The first kappa shape index (κ1) is 19.0. The third kappa shape index (κ3) is 4.20. The van der Waals surface area contributed by atoms with Gasteiger partial charge < -0.3 is 15.8 Å². The number of nitrogens with two attached hydrogens (primary N) is 1. The third-order valence-corrected chi connectivity index (χ3v) is 5.26. The van der Waals surface area contributed by atoms with E-state index in [0.29, 0.717) is 16.5 Å². The van der Waals surface area contributed by atoms with Crippen molar-refractivity contribution < 1.29 is 14.3 Å². The number of primary amides is 1. The van der Waals surface area contributed by atoms with Crippen molar-refractivity contribution >= 4 is 28.2 Å². The molecule has 2 unspecified atom stereocenters. The molecule has 0 aliphatic heterocycles. The van der Waals surface area contributed by atoms with Crippen LogP contribution < -0.4 is 11.1 Å². The van der Waals surface area contributed by atoms with Crippen molar-refractivity contribution in [1.29, 1.82) is 5.26 Å². The van der Waals surface area contributed by atoms with E-state index in [2.05, 4.69) is 18.8 Å². The molecule has 0 aromatic carbocycles. The lowest BCUT2D eigenvalue weighted by atomic mass is 9.88. The van der Waals surface area contributed by atoms with Crippen molar-refractivity contribution in [2.45, 2.75) is 46.1 Å². The molecule has 1 aromatic rings. The summed E-state index contributed by atoms with van der Waals surface area (Å²) in [5.41, 5.74) is 6.88. The zero-order chi connectivity index (χ0) is 18.7. The number of anilines is 1. The smallest absolute Gasteiger partial charge is 0.341 e. The molecule has 0 bridgehead atoms. The van der Waals surface area contributed by atoms with E-state index in [1.54, 1.807) is 13.8 Å². The molecule has 1 heterocycles. The summed E-state index contributed by atoms with van der Waals surface area (Å²) >= 11 is 1.45. The first-order valence-electron chi connectivity index (χ1n) is 8.24. The van der Waals surface area contributed by atoms with Crippen molar-refractivity contribution in [1.82, 2.24) is 0 Å². The van der Waals surface area contributed by atoms with Crippen LogP contribution in [0.2, 0.25) is 0 Å². The molecular formula is C18H23N3O3S. The number of nitriles is 1. The summed E-state index contributed by atoms with van der Waals surface area (Å²) in [4.78, 5) is 25.1. The summed E-state index contributed by atoms with van der Waals surface area (Å²) in [5.74, 6) is -1.79. The number of carbonyl (C=O) groups is 2. The molecule has 0 saturated heterocycles. The Kier molecular flexibility index (Phi) is 5.85. The molecule has 6 nitrogen and oxygen atoms in total. The zero-order valence-corrected chi connectivity index (χ0v) is 15.5.